The number of rotatable bonds is 7. The van der Waals surface area contributed by atoms with Crippen LogP contribution in [0.5, 0.6) is 0 Å². The van der Waals surface area contributed by atoms with Crippen LogP contribution < -0.4 is 4.90 Å². The van der Waals surface area contributed by atoms with Crippen molar-refractivity contribution < 1.29 is 9.53 Å². The van der Waals surface area contributed by atoms with E-state index in [0.29, 0.717) is 26.3 Å². The molecule has 1 aliphatic heterocycles. The Bertz CT molecular complexity index is 754. The van der Waals surface area contributed by atoms with Crippen LogP contribution >= 0.6 is 11.3 Å². The van der Waals surface area contributed by atoms with Gasteiger partial charge in [0.2, 0.25) is 0 Å². The van der Waals surface area contributed by atoms with E-state index in [4.69, 9.17) is 4.74 Å². The molecule has 0 aliphatic carbocycles. The molecule has 1 saturated heterocycles. The van der Waals surface area contributed by atoms with Crippen LogP contribution in [0.3, 0.4) is 0 Å². The molecule has 2 aromatic rings. The van der Waals surface area contributed by atoms with Gasteiger partial charge >= 0.3 is 0 Å². The van der Waals surface area contributed by atoms with Crippen molar-refractivity contribution in [3.63, 3.8) is 0 Å². The zero-order chi connectivity index (χ0) is 18.4. The van der Waals surface area contributed by atoms with E-state index in [9.17, 15) is 4.79 Å². The molecule has 1 amide bonds. The van der Waals surface area contributed by atoms with E-state index in [1.54, 1.807) is 28.4 Å². The van der Waals surface area contributed by atoms with Gasteiger partial charge in [0.25, 0.3) is 5.91 Å². The van der Waals surface area contributed by atoms with Gasteiger partial charge in [-0.2, -0.15) is 0 Å². The molecule has 136 valence electrons. The predicted molar refractivity (Wildman–Crippen MR) is 109 cm³/mol. The Kier molecular flexibility index (Phi) is 6.26. The Balaban J connectivity index is 1.98. The van der Waals surface area contributed by atoms with Gasteiger partial charge in [-0.1, -0.05) is 42.5 Å². The lowest BCUT2D eigenvalue weighted by Gasteiger charge is -2.28. The van der Waals surface area contributed by atoms with Crippen molar-refractivity contribution in [2.45, 2.75) is 0 Å². The van der Waals surface area contributed by atoms with Gasteiger partial charge in [-0.15, -0.1) is 24.5 Å². The summed E-state index contributed by atoms with van der Waals surface area (Å²) < 4.78 is 5.49. The summed E-state index contributed by atoms with van der Waals surface area (Å²) in [5, 5.41) is 1.14. The highest BCUT2D eigenvalue weighted by atomic mass is 32.1. The number of thiophene rings is 1. The lowest BCUT2D eigenvalue weighted by molar-refractivity contribution is 0.0795. The van der Waals surface area contributed by atoms with Crippen LogP contribution in [0, 0.1) is 0 Å². The topological polar surface area (TPSA) is 32.8 Å². The molecule has 26 heavy (non-hydrogen) atoms. The Morgan fingerprint density at radius 1 is 1.15 bits per heavy atom. The Morgan fingerprint density at radius 2 is 1.81 bits per heavy atom. The number of ether oxygens (including phenoxy) is 1. The van der Waals surface area contributed by atoms with Crippen LogP contribution in [0.2, 0.25) is 0 Å². The molecule has 2 heterocycles. The van der Waals surface area contributed by atoms with Gasteiger partial charge in [0.1, 0.15) is 0 Å². The first-order chi connectivity index (χ1) is 12.7. The highest BCUT2D eigenvalue weighted by molar-refractivity contribution is 7.18. The minimum atomic E-state index is 0.0199. The molecule has 0 atom stereocenters. The molecule has 0 radical (unpaired) electrons. The third-order valence-corrected chi connectivity index (χ3v) is 5.48. The van der Waals surface area contributed by atoms with Crippen LogP contribution in [-0.2, 0) is 4.74 Å². The Labute approximate surface area is 159 Å². The monoisotopic (exact) mass is 368 g/mol. The summed E-state index contributed by atoms with van der Waals surface area (Å²) >= 11 is 1.56. The van der Waals surface area contributed by atoms with E-state index in [1.807, 2.05) is 24.3 Å². The molecular formula is C21H24N2O2S. The van der Waals surface area contributed by atoms with Gasteiger partial charge in [-0.3, -0.25) is 4.79 Å². The number of carbonyl (C=O) groups excluding carboxylic acids is 1. The zero-order valence-corrected chi connectivity index (χ0v) is 15.7. The van der Waals surface area contributed by atoms with Crippen LogP contribution in [-0.4, -0.2) is 50.2 Å². The SMILES string of the molecule is C=CCN(CC=C)C(=O)c1cc(-c2ccccc2)c(N2CCOCC2)s1. The maximum atomic E-state index is 13.0. The molecule has 0 saturated carbocycles. The summed E-state index contributed by atoms with van der Waals surface area (Å²) in [5.41, 5.74) is 2.24. The van der Waals surface area contributed by atoms with E-state index in [0.717, 1.165) is 34.1 Å². The second-order valence-corrected chi connectivity index (χ2v) is 7.11. The lowest BCUT2D eigenvalue weighted by atomic mass is 10.1. The fourth-order valence-electron chi connectivity index (χ4n) is 3.02. The summed E-state index contributed by atoms with van der Waals surface area (Å²) in [6.07, 6.45) is 3.49. The van der Waals surface area contributed by atoms with Crippen molar-refractivity contribution >= 4 is 22.2 Å². The minimum Gasteiger partial charge on any atom is -0.378 e. The van der Waals surface area contributed by atoms with Crippen molar-refractivity contribution in [2.24, 2.45) is 0 Å². The minimum absolute atomic E-state index is 0.0199. The first-order valence-electron chi connectivity index (χ1n) is 8.77. The van der Waals surface area contributed by atoms with Gasteiger partial charge in [0.15, 0.2) is 0 Å². The molecule has 3 rings (SSSR count). The highest BCUT2D eigenvalue weighted by Gasteiger charge is 2.23. The molecule has 5 heteroatoms. The van der Waals surface area contributed by atoms with E-state index >= 15 is 0 Å². The Hall–Kier alpha value is -2.37. The van der Waals surface area contributed by atoms with Crippen LogP contribution in [0.1, 0.15) is 9.67 Å². The second kappa shape index (κ2) is 8.83. The number of hydrogen-bond donors (Lipinski definition) is 0. The van der Waals surface area contributed by atoms with Crippen molar-refractivity contribution in [3.05, 3.63) is 66.6 Å². The fraction of sp³-hybridized carbons (Fsp3) is 0.286. The molecule has 0 N–H and O–H groups in total. The standard InChI is InChI=1S/C21H24N2O2S/c1-3-10-22(11-4-2)20(24)19-16-18(17-8-6-5-7-9-17)21(26-19)23-12-14-25-15-13-23/h3-9,16H,1-2,10-15H2. The van der Waals surface area contributed by atoms with Gasteiger partial charge in [-0.05, 0) is 11.6 Å². The number of morpholine rings is 1. The first-order valence-corrected chi connectivity index (χ1v) is 9.59. The van der Waals surface area contributed by atoms with Crippen molar-refractivity contribution in [1.29, 1.82) is 0 Å². The number of amides is 1. The molecule has 1 aliphatic rings. The summed E-state index contributed by atoms with van der Waals surface area (Å²) in [7, 11) is 0. The Morgan fingerprint density at radius 3 is 2.42 bits per heavy atom. The molecule has 0 unspecified atom stereocenters. The normalized spacial score (nSPS) is 14.1. The zero-order valence-electron chi connectivity index (χ0n) is 14.9. The average Bonchev–Trinajstić information content (AvgIpc) is 3.14. The van der Waals surface area contributed by atoms with E-state index < -0.39 is 0 Å². The van der Waals surface area contributed by atoms with Gasteiger partial charge in [0, 0.05) is 31.7 Å². The second-order valence-electron chi connectivity index (χ2n) is 6.08. The number of hydrogen-bond acceptors (Lipinski definition) is 4. The summed E-state index contributed by atoms with van der Waals surface area (Å²) in [6.45, 7) is 11.7. The van der Waals surface area contributed by atoms with Crippen molar-refractivity contribution in [3.8, 4) is 11.1 Å². The maximum Gasteiger partial charge on any atom is 0.264 e. The molecule has 4 nitrogen and oxygen atoms in total. The largest absolute Gasteiger partial charge is 0.378 e. The molecule has 1 fully saturated rings. The van der Waals surface area contributed by atoms with Crippen LogP contribution in [0.15, 0.2) is 61.7 Å². The third-order valence-electron chi connectivity index (χ3n) is 4.29. The molecule has 0 bridgehead atoms. The van der Waals surface area contributed by atoms with E-state index in [1.165, 1.54) is 0 Å². The summed E-state index contributed by atoms with van der Waals surface area (Å²) in [5.74, 6) is 0.0199. The highest BCUT2D eigenvalue weighted by Crippen LogP contribution is 2.39. The van der Waals surface area contributed by atoms with Crippen LogP contribution in [0.25, 0.3) is 11.1 Å². The number of nitrogens with zero attached hydrogens (tertiary/aromatic N) is 2. The van der Waals surface area contributed by atoms with Crippen molar-refractivity contribution in [2.75, 3.05) is 44.3 Å². The molecule has 0 spiro atoms. The number of carbonyl (C=O) groups is 1. The van der Waals surface area contributed by atoms with Gasteiger partial charge in [0.05, 0.1) is 23.1 Å². The smallest absolute Gasteiger partial charge is 0.264 e. The van der Waals surface area contributed by atoms with Gasteiger partial charge in [-0.25, -0.2) is 0 Å². The third kappa shape index (κ3) is 4.06. The predicted octanol–water partition coefficient (Wildman–Crippen LogP) is 4.07. The maximum absolute atomic E-state index is 13.0. The molecule has 1 aromatic carbocycles. The van der Waals surface area contributed by atoms with Crippen molar-refractivity contribution in [1.82, 2.24) is 4.90 Å². The molecule has 1 aromatic heterocycles. The van der Waals surface area contributed by atoms with E-state index in [-0.39, 0.29) is 5.91 Å². The lowest BCUT2D eigenvalue weighted by Crippen LogP contribution is -2.35. The average molecular weight is 369 g/mol. The summed E-state index contributed by atoms with van der Waals surface area (Å²) in [4.78, 5) is 17.8. The quantitative estimate of drug-likeness (QED) is 0.691. The number of anilines is 1. The first kappa shape index (κ1) is 18.4. The molecular weight excluding hydrogens is 344 g/mol. The fourth-order valence-corrected chi connectivity index (χ4v) is 4.22. The van der Waals surface area contributed by atoms with Crippen LogP contribution in [0.4, 0.5) is 5.00 Å². The van der Waals surface area contributed by atoms with E-state index in [2.05, 4.69) is 30.2 Å². The van der Waals surface area contributed by atoms with Gasteiger partial charge < -0.3 is 14.5 Å². The number of benzene rings is 1. The summed E-state index contributed by atoms with van der Waals surface area (Å²) in [6, 6.07) is 12.3.